The summed E-state index contributed by atoms with van der Waals surface area (Å²) in [5.74, 6) is -1.33. The Kier molecular flexibility index (Phi) is 6.34. The maximum Gasteiger partial charge on any atom is 0.335 e. The summed E-state index contributed by atoms with van der Waals surface area (Å²) >= 11 is 0. The van der Waals surface area contributed by atoms with Crippen molar-refractivity contribution in [1.29, 1.82) is 0 Å². The molecule has 0 aromatic heterocycles. The Balaban J connectivity index is 1.94. The van der Waals surface area contributed by atoms with Crippen LogP contribution in [0.2, 0.25) is 0 Å². The molecule has 11 heteroatoms. The average Bonchev–Trinajstić information content (AvgIpc) is 2.73. The van der Waals surface area contributed by atoms with Crippen LogP contribution in [0.25, 0.3) is 0 Å². The van der Waals surface area contributed by atoms with Crippen LogP contribution in [-0.2, 0) is 20.0 Å². The van der Waals surface area contributed by atoms with E-state index in [2.05, 4.69) is 4.72 Å². The van der Waals surface area contributed by atoms with Crippen LogP contribution in [0, 0.1) is 0 Å². The molecule has 2 aromatic rings. The van der Waals surface area contributed by atoms with Gasteiger partial charge in [0.25, 0.3) is 10.0 Å². The van der Waals surface area contributed by atoms with Crippen LogP contribution in [0.4, 0.5) is 5.69 Å². The van der Waals surface area contributed by atoms with Crippen LogP contribution >= 0.6 is 0 Å². The maximum absolute atomic E-state index is 12.9. The van der Waals surface area contributed by atoms with E-state index in [-0.39, 0.29) is 26.8 Å². The molecule has 2 N–H and O–H groups in total. The van der Waals surface area contributed by atoms with E-state index in [1.807, 2.05) is 0 Å². The zero-order valence-electron chi connectivity index (χ0n) is 16.2. The van der Waals surface area contributed by atoms with Gasteiger partial charge < -0.3 is 9.84 Å². The molecule has 1 fully saturated rings. The summed E-state index contributed by atoms with van der Waals surface area (Å²) in [5.41, 5.74) is -0.187. The first-order valence-corrected chi connectivity index (χ1v) is 12.1. The quantitative estimate of drug-likeness (QED) is 0.657. The highest BCUT2D eigenvalue weighted by molar-refractivity contribution is 7.92. The molecule has 1 aliphatic heterocycles. The summed E-state index contributed by atoms with van der Waals surface area (Å²) in [7, 11) is -6.72. The van der Waals surface area contributed by atoms with Crippen molar-refractivity contribution >= 4 is 31.7 Å². The maximum atomic E-state index is 12.9. The monoisotopic (exact) mass is 454 g/mol. The molecule has 0 atom stereocenters. The fourth-order valence-electron chi connectivity index (χ4n) is 3.20. The molecule has 1 aliphatic rings. The van der Waals surface area contributed by atoms with E-state index in [4.69, 9.17) is 9.84 Å². The molecule has 162 valence electrons. The summed E-state index contributed by atoms with van der Waals surface area (Å²) < 4.78 is 60.2. The highest BCUT2D eigenvalue weighted by atomic mass is 32.2. The molecule has 0 spiro atoms. The number of hydrogen-bond donors (Lipinski definition) is 2. The van der Waals surface area contributed by atoms with Crippen LogP contribution < -0.4 is 9.46 Å². The number of nitrogens with zero attached hydrogens (tertiary/aromatic N) is 1. The lowest BCUT2D eigenvalue weighted by molar-refractivity contribution is 0.0696. The molecule has 0 radical (unpaired) electrons. The van der Waals surface area contributed by atoms with Crippen LogP contribution in [0.15, 0.2) is 52.3 Å². The third-order valence-electron chi connectivity index (χ3n) is 4.74. The van der Waals surface area contributed by atoms with Crippen molar-refractivity contribution in [3.05, 3.63) is 48.0 Å². The van der Waals surface area contributed by atoms with Gasteiger partial charge in [0.05, 0.1) is 23.3 Å². The summed E-state index contributed by atoms with van der Waals surface area (Å²) in [6.45, 7) is 0.856. The van der Waals surface area contributed by atoms with Crippen LogP contribution in [-0.4, -0.2) is 52.4 Å². The second-order valence-corrected chi connectivity index (χ2v) is 10.4. The van der Waals surface area contributed by atoms with Crippen molar-refractivity contribution in [3.8, 4) is 5.75 Å². The molecule has 30 heavy (non-hydrogen) atoms. The molecular formula is C19H22N2O7S2. The van der Waals surface area contributed by atoms with Crippen LogP contribution in [0.1, 0.15) is 29.6 Å². The fraction of sp³-hybridized carbons (Fsp3) is 0.316. The van der Waals surface area contributed by atoms with Gasteiger partial charge in [-0.3, -0.25) is 4.72 Å². The Morgan fingerprint density at radius 1 is 1.03 bits per heavy atom. The summed E-state index contributed by atoms with van der Waals surface area (Å²) in [6, 6.07) is 8.97. The lowest BCUT2D eigenvalue weighted by atomic mass is 10.2. The van der Waals surface area contributed by atoms with E-state index in [0.717, 1.165) is 25.3 Å². The van der Waals surface area contributed by atoms with Crippen LogP contribution in [0.3, 0.4) is 0 Å². The predicted octanol–water partition coefficient (Wildman–Crippen LogP) is 2.37. The number of carboxylic acid groups (broad SMARTS) is 1. The Hall–Kier alpha value is -2.63. The fourth-order valence-corrected chi connectivity index (χ4v) is 6.01. The zero-order valence-corrected chi connectivity index (χ0v) is 17.9. The number of benzene rings is 2. The van der Waals surface area contributed by atoms with Crippen molar-refractivity contribution < 1.29 is 31.5 Å². The number of piperidine rings is 1. The van der Waals surface area contributed by atoms with Crippen molar-refractivity contribution in [1.82, 2.24) is 4.31 Å². The zero-order chi connectivity index (χ0) is 21.9. The summed E-state index contributed by atoms with van der Waals surface area (Å²) in [4.78, 5) is 10.8. The van der Waals surface area contributed by atoms with Crippen molar-refractivity contribution in [2.45, 2.75) is 29.1 Å². The number of sulfonamides is 2. The molecule has 0 amide bonds. The molecule has 0 unspecified atom stereocenters. The Bertz CT molecular complexity index is 1160. The number of nitrogens with one attached hydrogen (secondary N) is 1. The molecule has 0 aliphatic carbocycles. The van der Waals surface area contributed by atoms with Gasteiger partial charge in [-0.05, 0) is 49.2 Å². The van der Waals surface area contributed by atoms with Gasteiger partial charge in [-0.1, -0.05) is 12.5 Å². The number of anilines is 1. The van der Waals surface area contributed by atoms with E-state index >= 15 is 0 Å². The molecule has 0 saturated carbocycles. The molecule has 2 aromatic carbocycles. The van der Waals surface area contributed by atoms with E-state index in [9.17, 15) is 21.6 Å². The SMILES string of the molecule is COc1ccc(C(=O)O)cc1S(=O)(=O)Nc1cccc(S(=O)(=O)N2CCCCC2)c1. The lowest BCUT2D eigenvalue weighted by Crippen LogP contribution is -2.35. The Morgan fingerprint density at radius 2 is 1.73 bits per heavy atom. The van der Waals surface area contributed by atoms with Crippen molar-refractivity contribution in [2.75, 3.05) is 24.9 Å². The second kappa shape index (κ2) is 8.62. The van der Waals surface area contributed by atoms with Gasteiger partial charge in [0.1, 0.15) is 10.6 Å². The highest BCUT2D eigenvalue weighted by Gasteiger charge is 2.27. The molecule has 0 bridgehead atoms. The minimum absolute atomic E-state index is 0.0177. The Labute approximate surface area is 175 Å². The first-order chi connectivity index (χ1) is 14.1. The second-order valence-electron chi connectivity index (χ2n) is 6.77. The topological polar surface area (TPSA) is 130 Å². The first-order valence-electron chi connectivity index (χ1n) is 9.19. The third-order valence-corrected chi connectivity index (χ3v) is 8.04. The van der Waals surface area contributed by atoms with E-state index in [1.54, 1.807) is 0 Å². The number of carbonyl (C=O) groups is 1. The summed E-state index contributed by atoms with van der Waals surface area (Å²) in [5, 5.41) is 9.15. The van der Waals surface area contributed by atoms with Gasteiger partial charge in [-0.2, -0.15) is 4.31 Å². The molecule has 3 rings (SSSR count). The third kappa shape index (κ3) is 4.58. The average molecular weight is 455 g/mol. The van der Waals surface area contributed by atoms with E-state index in [0.29, 0.717) is 13.1 Å². The van der Waals surface area contributed by atoms with E-state index in [1.165, 1.54) is 47.8 Å². The van der Waals surface area contributed by atoms with Gasteiger partial charge in [0, 0.05) is 13.1 Å². The molecular weight excluding hydrogens is 432 g/mol. The molecule has 9 nitrogen and oxygen atoms in total. The van der Waals surface area contributed by atoms with Gasteiger partial charge in [0.15, 0.2) is 0 Å². The van der Waals surface area contributed by atoms with Gasteiger partial charge in [0.2, 0.25) is 10.0 Å². The highest BCUT2D eigenvalue weighted by Crippen LogP contribution is 2.28. The molecule has 1 heterocycles. The smallest absolute Gasteiger partial charge is 0.335 e. The van der Waals surface area contributed by atoms with Crippen molar-refractivity contribution in [2.24, 2.45) is 0 Å². The summed E-state index contributed by atoms with van der Waals surface area (Å²) in [6.07, 6.45) is 2.54. The number of carboxylic acids is 1. The number of methoxy groups -OCH3 is 1. The minimum Gasteiger partial charge on any atom is -0.495 e. The number of rotatable bonds is 7. The number of hydrogen-bond acceptors (Lipinski definition) is 6. The standard InChI is InChI=1S/C19H22N2O7S2/c1-28-17-9-8-14(19(22)23)12-18(17)29(24,25)20-15-6-5-7-16(13-15)30(26,27)21-10-3-2-4-11-21/h5-9,12-13,20H,2-4,10-11H2,1H3,(H,22,23). The first kappa shape index (κ1) is 22.1. The van der Waals surface area contributed by atoms with Crippen molar-refractivity contribution in [3.63, 3.8) is 0 Å². The minimum atomic E-state index is -4.25. The normalized spacial score (nSPS) is 15.5. The van der Waals surface area contributed by atoms with Gasteiger partial charge in [-0.25, -0.2) is 21.6 Å². The van der Waals surface area contributed by atoms with E-state index < -0.39 is 26.0 Å². The number of aromatic carboxylic acids is 1. The number of ether oxygens (including phenoxy) is 1. The Morgan fingerprint density at radius 3 is 2.37 bits per heavy atom. The van der Waals surface area contributed by atoms with Gasteiger partial charge >= 0.3 is 5.97 Å². The predicted molar refractivity (Wildman–Crippen MR) is 110 cm³/mol. The van der Waals surface area contributed by atoms with Gasteiger partial charge in [-0.15, -0.1) is 0 Å². The lowest BCUT2D eigenvalue weighted by Gasteiger charge is -2.26. The largest absolute Gasteiger partial charge is 0.495 e. The van der Waals surface area contributed by atoms with Crippen LogP contribution in [0.5, 0.6) is 5.75 Å². The molecule has 1 saturated heterocycles.